The Morgan fingerprint density at radius 1 is 1.22 bits per heavy atom. The lowest BCUT2D eigenvalue weighted by Crippen LogP contribution is -2.39. The van der Waals surface area contributed by atoms with Crippen molar-refractivity contribution in [2.45, 2.75) is 18.8 Å². The Bertz CT molecular complexity index is 1010. The summed E-state index contributed by atoms with van der Waals surface area (Å²) < 4.78 is 18.8. The third kappa shape index (κ3) is 3.66. The van der Waals surface area contributed by atoms with Crippen LogP contribution in [0.15, 0.2) is 51.9 Å². The molecule has 2 aromatic heterocycles. The number of carbonyl (C=O) groups is 1. The Morgan fingerprint density at radius 3 is 2.85 bits per heavy atom. The molecule has 138 valence electrons. The molecule has 1 fully saturated rings. The summed E-state index contributed by atoms with van der Waals surface area (Å²) in [4.78, 5) is 25.4. The van der Waals surface area contributed by atoms with Crippen LogP contribution >= 0.6 is 11.3 Å². The minimum absolute atomic E-state index is 0.0523. The molecule has 1 unspecified atom stereocenters. The highest BCUT2D eigenvalue weighted by molar-refractivity contribution is 7.14. The van der Waals surface area contributed by atoms with Gasteiger partial charge in [-0.25, -0.2) is 9.18 Å². The fourth-order valence-electron chi connectivity index (χ4n) is 3.17. The molecule has 0 aliphatic carbocycles. The molecular weight excluding hydrogens is 369 g/mol. The first-order chi connectivity index (χ1) is 13.1. The van der Waals surface area contributed by atoms with Crippen molar-refractivity contribution in [1.29, 1.82) is 0 Å². The van der Waals surface area contributed by atoms with E-state index in [4.69, 9.17) is 4.42 Å². The summed E-state index contributed by atoms with van der Waals surface area (Å²) in [7, 11) is 0. The molecule has 0 spiro atoms. The molecule has 1 amide bonds. The zero-order chi connectivity index (χ0) is 18.8. The summed E-state index contributed by atoms with van der Waals surface area (Å²) in [6, 6.07) is 9.18. The van der Waals surface area contributed by atoms with Crippen LogP contribution in [0.1, 0.15) is 34.1 Å². The Balaban J connectivity index is 1.52. The fraction of sp³-hybridized carbons (Fsp3) is 0.263. The van der Waals surface area contributed by atoms with Gasteiger partial charge in [0.2, 0.25) is 0 Å². The van der Waals surface area contributed by atoms with Gasteiger partial charge in [-0.1, -0.05) is 23.5 Å². The van der Waals surface area contributed by atoms with Crippen molar-refractivity contribution in [3.63, 3.8) is 0 Å². The molecule has 3 aromatic rings. The van der Waals surface area contributed by atoms with Crippen molar-refractivity contribution in [1.82, 2.24) is 15.1 Å². The number of hydrogen-bond donors (Lipinski definition) is 0. The topological polar surface area (TPSA) is 76.3 Å². The SMILES string of the molecule is O=C(c1ccc(=O)oc1)N1CCCC(c2nnc(-c3ccccc3F)s2)C1. The zero-order valence-corrected chi connectivity index (χ0v) is 15.1. The van der Waals surface area contributed by atoms with E-state index in [1.165, 1.54) is 35.8 Å². The lowest BCUT2D eigenvalue weighted by molar-refractivity contribution is 0.0704. The third-order valence-electron chi connectivity index (χ3n) is 4.55. The van der Waals surface area contributed by atoms with Gasteiger partial charge < -0.3 is 9.32 Å². The molecular formula is C19H16FN3O3S. The molecule has 1 aromatic carbocycles. The van der Waals surface area contributed by atoms with Crippen molar-refractivity contribution in [2.24, 2.45) is 0 Å². The molecule has 4 rings (SSSR count). The average molecular weight is 385 g/mol. The molecule has 1 atom stereocenters. The second kappa shape index (κ2) is 7.40. The molecule has 3 heterocycles. The number of likely N-dealkylation sites (tertiary alicyclic amines) is 1. The lowest BCUT2D eigenvalue weighted by Gasteiger charge is -2.31. The van der Waals surface area contributed by atoms with Crippen LogP contribution in [0.4, 0.5) is 4.39 Å². The molecule has 0 bridgehead atoms. The van der Waals surface area contributed by atoms with E-state index in [0.717, 1.165) is 17.8 Å². The smallest absolute Gasteiger partial charge is 0.335 e. The predicted octanol–water partition coefficient (Wildman–Crippen LogP) is 3.32. The largest absolute Gasteiger partial charge is 0.430 e. The van der Waals surface area contributed by atoms with Gasteiger partial charge in [0.25, 0.3) is 5.91 Å². The van der Waals surface area contributed by atoms with Gasteiger partial charge in [0, 0.05) is 30.6 Å². The number of nitrogens with zero attached hydrogens (tertiary/aromatic N) is 3. The maximum atomic E-state index is 14.0. The van der Waals surface area contributed by atoms with E-state index in [1.807, 2.05) is 0 Å². The molecule has 0 radical (unpaired) electrons. The van der Waals surface area contributed by atoms with Gasteiger partial charge >= 0.3 is 5.63 Å². The van der Waals surface area contributed by atoms with Crippen LogP contribution in [0.25, 0.3) is 10.6 Å². The highest BCUT2D eigenvalue weighted by atomic mass is 32.1. The second-order valence-electron chi connectivity index (χ2n) is 6.36. The molecule has 8 heteroatoms. The van der Waals surface area contributed by atoms with E-state index < -0.39 is 5.63 Å². The second-order valence-corrected chi connectivity index (χ2v) is 7.37. The van der Waals surface area contributed by atoms with E-state index in [2.05, 4.69) is 10.2 Å². The van der Waals surface area contributed by atoms with Crippen LogP contribution in [-0.4, -0.2) is 34.1 Å². The Labute approximate surface area is 158 Å². The Kier molecular flexibility index (Phi) is 4.81. The van der Waals surface area contributed by atoms with Gasteiger partial charge in [-0.05, 0) is 31.0 Å². The van der Waals surface area contributed by atoms with Gasteiger partial charge in [-0.2, -0.15) is 0 Å². The van der Waals surface area contributed by atoms with E-state index >= 15 is 0 Å². The average Bonchev–Trinajstić information content (AvgIpc) is 3.18. The molecule has 1 aliphatic heterocycles. The van der Waals surface area contributed by atoms with Crippen LogP contribution in [0.5, 0.6) is 0 Å². The van der Waals surface area contributed by atoms with Crippen molar-refractivity contribution in [3.05, 3.63) is 69.5 Å². The van der Waals surface area contributed by atoms with E-state index in [1.54, 1.807) is 23.1 Å². The van der Waals surface area contributed by atoms with Gasteiger partial charge in [0.05, 0.1) is 5.56 Å². The summed E-state index contributed by atoms with van der Waals surface area (Å²) in [6.07, 6.45) is 2.91. The van der Waals surface area contributed by atoms with Crippen molar-refractivity contribution < 1.29 is 13.6 Å². The maximum Gasteiger partial charge on any atom is 0.335 e. The van der Waals surface area contributed by atoms with Gasteiger partial charge in [-0.3, -0.25) is 4.79 Å². The highest BCUT2D eigenvalue weighted by Gasteiger charge is 2.28. The summed E-state index contributed by atoms with van der Waals surface area (Å²) in [5, 5.41) is 9.71. The normalized spacial score (nSPS) is 17.1. The minimum Gasteiger partial charge on any atom is -0.430 e. The number of halogens is 1. The first-order valence-electron chi connectivity index (χ1n) is 8.58. The quantitative estimate of drug-likeness (QED) is 0.691. The van der Waals surface area contributed by atoms with Gasteiger partial charge in [-0.15, -0.1) is 10.2 Å². The lowest BCUT2D eigenvalue weighted by atomic mass is 9.98. The number of rotatable bonds is 3. The number of benzene rings is 1. The first kappa shape index (κ1) is 17.5. The Morgan fingerprint density at radius 2 is 2.07 bits per heavy atom. The summed E-state index contributed by atoms with van der Waals surface area (Å²) in [5.41, 5.74) is 0.293. The van der Waals surface area contributed by atoms with E-state index in [-0.39, 0.29) is 17.6 Å². The van der Waals surface area contributed by atoms with Crippen LogP contribution in [0.3, 0.4) is 0 Å². The molecule has 6 nitrogen and oxygen atoms in total. The van der Waals surface area contributed by atoms with Crippen LogP contribution < -0.4 is 5.63 Å². The van der Waals surface area contributed by atoms with E-state index in [0.29, 0.717) is 29.2 Å². The van der Waals surface area contributed by atoms with Crippen molar-refractivity contribution >= 4 is 17.2 Å². The van der Waals surface area contributed by atoms with Gasteiger partial charge in [0.15, 0.2) is 5.01 Å². The first-order valence-corrected chi connectivity index (χ1v) is 9.40. The third-order valence-corrected chi connectivity index (χ3v) is 5.67. The van der Waals surface area contributed by atoms with E-state index in [9.17, 15) is 14.0 Å². The minimum atomic E-state index is -0.488. The number of amides is 1. The molecule has 27 heavy (non-hydrogen) atoms. The number of piperidine rings is 1. The molecule has 1 aliphatic rings. The van der Waals surface area contributed by atoms with Crippen LogP contribution in [-0.2, 0) is 0 Å². The molecule has 1 saturated heterocycles. The maximum absolute atomic E-state index is 14.0. The highest BCUT2D eigenvalue weighted by Crippen LogP contribution is 2.33. The number of carbonyl (C=O) groups excluding carboxylic acids is 1. The van der Waals surface area contributed by atoms with Crippen LogP contribution in [0.2, 0.25) is 0 Å². The number of aromatic nitrogens is 2. The molecule has 0 N–H and O–H groups in total. The predicted molar refractivity (Wildman–Crippen MR) is 98.2 cm³/mol. The number of hydrogen-bond acceptors (Lipinski definition) is 6. The summed E-state index contributed by atoms with van der Waals surface area (Å²) in [6.45, 7) is 1.14. The fourth-order valence-corrected chi connectivity index (χ4v) is 4.16. The van der Waals surface area contributed by atoms with Crippen molar-refractivity contribution in [2.75, 3.05) is 13.1 Å². The summed E-state index contributed by atoms with van der Waals surface area (Å²) in [5.74, 6) is -0.454. The van der Waals surface area contributed by atoms with Crippen molar-refractivity contribution in [3.8, 4) is 10.6 Å². The zero-order valence-electron chi connectivity index (χ0n) is 14.3. The van der Waals surface area contributed by atoms with Crippen LogP contribution in [0, 0.1) is 5.82 Å². The summed E-state index contributed by atoms with van der Waals surface area (Å²) >= 11 is 1.36. The standard InChI is InChI=1S/C19H16FN3O3S/c20-15-6-2-1-5-14(15)18-22-21-17(27-18)12-4-3-9-23(10-12)19(25)13-7-8-16(24)26-11-13/h1-2,5-8,11-12H,3-4,9-10H2. The van der Waals surface area contributed by atoms with Gasteiger partial charge in [0.1, 0.15) is 17.1 Å². The monoisotopic (exact) mass is 385 g/mol. The Hall–Kier alpha value is -2.87. The molecule has 0 saturated carbocycles.